The fraction of sp³-hybridized carbons (Fsp3) is 0.222. The Balaban J connectivity index is 2.22. The number of methoxy groups -OCH3 is 1. The third-order valence-corrected chi connectivity index (χ3v) is 3.77. The van der Waals surface area contributed by atoms with Crippen molar-refractivity contribution in [2.75, 3.05) is 20.8 Å². The van der Waals surface area contributed by atoms with E-state index in [2.05, 4.69) is 0 Å². The summed E-state index contributed by atoms with van der Waals surface area (Å²) in [4.78, 5) is 24.9. The lowest BCUT2D eigenvalue weighted by Crippen LogP contribution is -2.26. The van der Waals surface area contributed by atoms with Gasteiger partial charge >= 0.3 is 0 Å². The van der Waals surface area contributed by atoms with Gasteiger partial charge in [0.25, 0.3) is 11.8 Å². The second-order valence-electron chi connectivity index (χ2n) is 5.54. The van der Waals surface area contributed by atoms with Crippen molar-refractivity contribution in [2.45, 2.75) is 6.54 Å². The molecular weight excluding hydrogens is 363 g/mol. The van der Waals surface area contributed by atoms with E-state index in [1.165, 1.54) is 36.3 Å². The fourth-order valence-corrected chi connectivity index (χ4v) is 2.59. The van der Waals surface area contributed by atoms with Gasteiger partial charge in [-0.2, -0.15) is 0 Å². The maximum absolute atomic E-state index is 13.3. The van der Waals surface area contributed by atoms with Crippen LogP contribution in [0.5, 0.6) is 11.5 Å². The zero-order valence-corrected chi connectivity index (χ0v) is 15.0. The number of rotatable bonds is 7. The molecule has 8 heteroatoms. The smallest absolute Gasteiger partial charge is 0.255 e. The lowest BCUT2D eigenvalue weighted by atomic mass is 10.1. The van der Waals surface area contributed by atoms with E-state index < -0.39 is 5.91 Å². The van der Waals surface area contributed by atoms with E-state index in [4.69, 9.17) is 26.8 Å². The molecule has 2 amide bonds. The first kappa shape index (κ1) is 19.5. The van der Waals surface area contributed by atoms with Crippen molar-refractivity contribution in [1.29, 1.82) is 0 Å². The predicted molar refractivity (Wildman–Crippen MR) is 94.9 cm³/mol. The molecule has 0 heterocycles. The summed E-state index contributed by atoms with van der Waals surface area (Å²) in [5.74, 6) is -1.06. The molecule has 0 saturated carbocycles. The van der Waals surface area contributed by atoms with Crippen molar-refractivity contribution in [2.24, 2.45) is 5.73 Å². The number of nitrogens with two attached hydrogens (primary N) is 1. The molecule has 0 saturated heterocycles. The number of benzene rings is 2. The number of hydrogen-bond donors (Lipinski definition) is 1. The highest BCUT2D eigenvalue weighted by Gasteiger charge is 2.19. The first-order chi connectivity index (χ1) is 12.3. The van der Waals surface area contributed by atoms with Gasteiger partial charge in [-0.15, -0.1) is 0 Å². The summed E-state index contributed by atoms with van der Waals surface area (Å²) in [6.07, 6.45) is 0. The molecule has 0 atom stereocenters. The van der Waals surface area contributed by atoms with E-state index >= 15 is 0 Å². The Morgan fingerprint density at radius 1 is 1.27 bits per heavy atom. The molecule has 2 rings (SSSR count). The summed E-state index contributed by atoms with van der Waals surface area (Å²) in [5, 5.41) is 0.105. The van der Waals surface area contributed by atoms with Crippen molar-refractivity contribution in [3.05, 3.63) is 58.4 Å². The third kappa shape index (κ3) is 4.86. The summed E-state index contributed by atoms with van der Waals surface area (Å²) >= 11 is 6.15. The summed E-state index contributed by atoms with van der Waals surface area (Å²) in [6.45, 7) is -0.153. The van der Waals surface area contributed by atoms with E-state index in [1.54, 1.807) is 19.2 Å². The molecule has 0 aliphatic rings. The molecule has 0 aliphatic carbocycles. The van der Waals surface area contributed by atoms with Crippen LogP contribution in [0.2, 0.25) is 5.02 Å². The molecule has 0 aliphatic heterocycles. The summed E-state index contributed by atoms with van der Waals surface area (Å²) < 4.78 is 23.7. The van der Waals surface area contributed by atoms with Gasteiger partial charge in [0.1, 0.15) is 5.82 Å². The van der Waals surface area contributed by atoms with Crippen LogP contribution in [0, 0.1) is 5.82 Å². The van der Waals surface area contributed by atoms with Crippen LogP contribution >= 0.6 is 11.6 Å². The largest absolute Gasteiger partial charge is 0.493 e. The van der Waals surface area contributed by atoms with Crippen molar-refractivity contribution < 1.29 is 23.5 Å². The Labute approximate surface area is 155 Å². The van der Waals surface area contributed by atoms with Gasteiger partial charge in [-0.05, 0) is 29.8 Å². The number of ether oxygens (including phenoxy) is 2. The molecule has 0 bridgehead atoms. The van der Waals surface area contributed by atoms with Crippen molar-refractivity contribution in [3.63, 3.8) is 0 Å². The number of nitrogens with zero attached hydrogens (tertiary/aromatic N) is 1. The zero-order valence-electron chi connectivity index (χ0n) is 14.3. The number of halogens is 2. The van der Waals surface area contributed by atoms with Crippen molar-refractivity contribution in [3.8, 4) is 11.5 Å². The SMILES string of the molecule is COc1cc(C(=O)N(C)Cc2cccc(F)c2)cc(Cl)c1OCC(N)=O. The van der Waals surface area contributed by atoms with Gasteiger partial charge in [-0.3, -0.25) is 9.59 Å². The van der Waals surface area contributed by atoms with E-state index in [0.29, 0.717) is 5.56 Å². The van der Waals surface area contributed by atoms with Crippen LogP contribution < -0.4 is 15.2 Å². The van der Waals surface area contributed by atoms with Crippen LogP contribution in [0.1, 0.15) is 15.9 Å². The number of carbonyl (C=O) groups excluding carboxylic acids is 2. The molecule has 2 aromatic rings. The second-order valence-corrected chi connectivity index (χ2v) is 5.94. The number of hydrogen-bond acceptors (Lipinski definition) is 4. The zero-order chi connectivity index (χ0) is 19.3. The fourth-order valence-electron chi connectivity index (χ4n) is 2.33. The molecule has 0 unspecified atom stereocenters. The van der Waals surface area contributed by atoms with Gasteiger partial charge < -0.3 is 20.1 Å². The van der Waals surface area contributed by atoms with Gasteiger partial charge in [-0.25, -0.2) is 4.39 Å². The van der Waals surface area contributed by atoms with Crippen LogP contribution in [-0.4, -0.2) is 37.5 Å². The lowest BCUT2D eigenvalue weighted by molar-refractivity contribution is -0.119. The third-order valence-electron chi connectivity index (χ3n) is 3.49. The normalized spacial score (nSPS) is 10.3. The molecule has 0 aromatic heterocycles. The molecular formula is C18H18ClFN2O4. The average Bonchev–Trinajstić information content (AvgIpc) is 2.59. The van der Waals surface area contributed by atoms with Gasteiger partial charge in [0.05, 0.1) is 12.1 Å². The number of primary amides is 1. The minimum atomic E-state index is -0.668. The van der Waals surface area contributed by atoms with Gasteiger partial charge in [0.15, 0.2) is 18.1 Å². The molecule has 0 radical (unpaired) electrons. The maximum Gasteiger partial charge on any atom is 0.255 e. The van der Waals surface area contributed by atoms with Crippen molar-refractivity contribution in [1.82, 2.24) is 4.90 Å². The molecule has 6 nitrogen and oxygen atoms in total. The van der Waals surface area contributed by atoms with Crippen molar-refractivity contribution >= 4 is 23.4 Å². The lowest BCUT2D eigenvalue weighted by Gasteiger charge is -2.19. The van der Waals surface area contributed by atoms with Crippen LogP contribution in [0.15, 0.2) is 36.4 Å². The van der Waals surface area contributed by atoms with E-state index in [9.17, 15) is 14.0 Å². The summed E-state index contributed by atoms with van der Waals surface area (Å²) in [7, 11) is 2.97. The molecule has 26 heavy (non-hydrogen) atoms. The van der Waals surface area contributed by atoms with Crippen LogP contribution in [0.3, 0.4) is 0 Å². The average molecular weight is 381 g/mol. The van der Waals surface area contributed by atoms with Crippen LogP contribution in [0.4, 0.5) is 4.39 Å². The molecule has 0 fully saturated rings. The monoisotopic (exact) mass is 380 g/mol. The van der Waals surface area contributed by atoms with E-state index in [-0.39, 0.29) is 47.0 Å². The molecule has 2 N–H and O–H groups in total. The maximum atomic E-state index is 13.3. The van der Waals surface area contributed by atoms with E-state index in [0.717, 1.165) is 0 Å². The van der Waals surface area contributed by atoms with Crippen LogP contribution in [-0.2, 0) is 11.3 Å². The van der Waals surface area contributed by atoms with Gasteiger partial charge in [0.2, 0.25) is 0 Å². The Bertz CT molecular complexity index is 829. The Morgan fingerprint density at radius 3 is 2.62 bits per heavy atom. The standard InChI is InChI=1S/C18H18ClFN2O4/c1-22(9-11-4-3-5-13(20)6-11)18(24)12-7-14(19)17(15(8-12)25-2)26-10-16(21)23/h3-8H,9-10H2,1-2H3,(H2,21,23). The van der Waals surface area contributed by atoms with E-state index in [1.807, 2.05) is 0 Å². The van der Waals surface area contributed by atoms with Gasteiger partial charge in [-0.1, -0.05) is 23.7 Å². The topological polar surface area (TPSA) is 81.9 Å². The molecule has 0 spiro atoms. The highest BCUT2D eigenvalue weighted by molar-refractivity contribution is 6.32. The minimum absolute atomic E-state index is 0.105. The predicted octanol–water partition coefficient (Wildman–Crippen LogP) is 2.62. The second kappa shape index (κ2) is 8.53. The highest BCUT2D eigenvalue weighted by Crippen LogP contribution is 2.36. The Kier molecular flexibility index (Phi) is 6.41. The number of amides is 2. The summed E-state index contributed by atoms with van der Waals surface area (Å²) in [5.41, 5.74) is 5.96. The summed E-state index contributed by atoms with van der Waals surface area (Å²) in [6, 6.07) is 8.85. The highest BCUT2D eigenvalue weighted by atomic mass is 35.5. The quantitative estimate of drug-likeness (QED) is 0.800. The Hall–Kier alpha value is -2.80. The molecule has 138 valence electrons. The Morgan fingerprint density at radius 2 is 2.00 bits per heavy atom. The van der Waals surface area contributed by atoms with Gasteiger partial charge in [0, 0.05) is 19.2 Å². The molecule has 2 aromatic carbocycles. The number of carbonyl (C=O) groups is 2. The first-order valence-corrected chi connectivity index (χ1v) is 7.98. The first-order valence-electron chi connectivity index (χ1n) is 7.60. The minimum Gasteiger partial charge on any atom is -0.493 e. The van der Waals surface area contributed by atoms with Crippen LogP contribution in [0.25, 0.3) is 0 Å².